The maximum absolute atomic E-state index is 15.1. The van der Waals surface area contributed by atoms with Crippen molar-refractivity contribution in [3.63, 3.8) is 0 Å². The van der Waals surface area contributed by atoms with Crippen LogP contribution in [-0.4, -0.2) is 6.10 Å². The van der Waals surface area contributed by atoms with E-state index in [2.05, 4.69) is 0 Å². The molecule has 3 aromatic rings. The van der Waals surface area contributed by atoms with Gasteiger partial charge in [0.2, 0.25) is 0 Å². The molecule has 9 heteroatoms. The highest BCUT2D eigenvalue weighted by Crippen LogP contribution is 2.43. The van der Waals surface area contributed by atoms with E-state index in [1.165, 1.54) is 6.07 Å². The molecule has 0 amide bonds. The Labute approximate surface area is 264 Å². The molecule has 0 aliphatic heterocycles. The van der Waals surface area contributed by atoms with Crippen molar-refractivity contribution in [1.29, 1.82) is 0 Å². The summed E-state index contributed by atoms with van der Waals surface area (Å²) in [6.45, 7) is 1.92. The fourth-order valence-corrected chi connectivity index (χ4v) is 6.88. The summed E-state index contributed by atoms with van der Waals surface area (Å²) < 4.78 is 119. The summed E-state index contributed by atoms with van der Waals surface area (Å²) >= 11 is 0. The average molecular weight is 651 g/mol. The Hall–Kier alpha value is -3.20. The van der Waals surface area contributed by atoms with Crippen molar-refractivity contribution < 1.29 is 39.9 Å². The minimum atomic E-state index is -3.87. The fourth-order valence-electron chi connectivity index (χ4n) is 6.88. The first-order valence-corrected chi connectivity index (χ1v) is 16.1. The third-order valence-corrected chi connectivity index (χ3v) is 9.60. The Balaban J connectivity index is 1.15. The van der Waals surface area contributed by atoms with Gasteiger partial charge in [-0.3, -0.25) is 0 Å². The molecule has 3 aromatic carbocycles. The van der Waals surface area contributed by atoms with Crippen molar-refractivity contribution in [2.24, 2.45) is 0 Å². The van der Waals surface area contributed by atoms with Crippen LogP contribution in [0, 0.1) is 23.3 Å². The van der Waals surface area contributed by atoms with Crippen LogP contribution in [0.25, 0.3) is 5.83 Å². The van der Waals surface area contributed by atoms with Crippen LogP contribution < -0.4 is 0 Å². The predicted molar refractivity (Wildman–Crippen MR) is 162 cm³/mol. The zero-order valence-corrected chi connectivity index (χ0v) is 25.7. The normalized spacial score (nSPS) is 22.9. The number of allylic oxidation sites excluding steroid dienone is 1. The van der Waals surface area contributed by atoms with Gasteiger partial charge in [-0.25, -0.2) is 26.3 Å². The Morgan fingerprint density at radius 3 is 1.74 bits per heavy atom. The van der Waals surface area contributed by atoms with Gasteiger partial charge in [0.05, 0.1) is 11.7 Å². The zero-order chi connectivity index (χ0) is 33.0. The first kappa shape index (κ1) is 34.1. The molecule has 0 bridgehead atoms. The van der Waals surface area contributed by atoms with Crippen molar-refractivity contribution in [3.8, 4) is 0 Å². The van der Waals surface area contributed by atoms with E-state index in [9.17, 15) is 22.0 Å². The predicted octanol–water partition coefficient (Wildman–Crippen LogP) is 12.3. The van der Waals surface area contributed by atoms with Gasteiger partial charge in [0.25, 0.3) is 0 Å². The van der Waals surface area contributed by atoms with Crippen LogP contribution in [0.1, 0.15) is 123 Å². The molecule has 0 N–H and O–H groups in total. The number of halogens is 8. The highest BCUT2D eigenvalue weighted by atomic mass is 19.3. The van der Waals surface area contributed by atoms with Gasteiger partial charge in [-0.2, -0.15) is 8.78 Å². The molecule has 2 aliphatic rings. The maximum atomic E-state index is 15.1. The molecule has 0 unspecified atom stereocenters. The van der Waals surface area contributed by atoms with Gasteiger partial charge in [-0.1, -0.05) is 43.7 Å². The molecule has 0 heterocycles. The number of unbranched alkanes of at least 4 members (excludes halogenated alkanes) is 1. The van der Waals surface area contributed by atoms with Gasteiger partial charge in [0.1, 0.15) is 11.6 Å². The van der Waals surface area contributed by atoms with E-state index in [-0.39, 0.29) is 48.1 Å². The second-order valence-electron chi connectivity index (χ2n) is 12.6. The summed E-state index contributed by atoms with van der Waals surface area (Å²) in [6, 6.07) is 12.4. The van der Waals surface area contributed by atoms with Crippen LogP contribution in [0.3, 0.4) is 0 Å². The molecule has 248 valence electrons. The van der Waals surface area contributed by atoms with Crippen LogP contribution in [-0.2, 0) is 10.8 Å². The quantitative estimate of drug-likeness (QED) is 0.157. The SMILES string of the molecule is CCCC/C(F)=C(\F)c1ccc(C2CCC(c3ccc(C(F)(F)OC4CCC(c5cc(F)c(F)c(F)c5)CC4)c(F)c3)CC2)cc1. The summed E-state index contributed by atoms with van der Waals surface area (Å²) in [5, 5.41) is 0. The Bertz CT molecular complexity index is 1490. The topological polar surface area (TPSA) is 9.23 Å². The van der Waals surface area contributed by atoms with E-state index in [4.69, 9.17) is 4.74 Å². The molecule has 1 nitrogen and oxygen atoms in total. The van der Waals surface area contributed by atoms with Crippen LogP contribution in [0.5, 0.6) is 0 Å². The lowest BCUT2D eigenvalue weighted by molar-refractivity contribution is -0.278. The first-order valence-electron chi connectivity index (χ1n) is 16.1. The molecule has 0 atom stereocenters. The van der Waals surface area contributed by atoms with E-state index >= 15 is 13.2 Å². The van der Waals surface area contributed by atoms with E-state index in [0.717, 1.165) is 61.9 Å². The summed E-state index contributed by atoms with van der Waals surface area (Å²) in [5.41, 5.74) is 1.30. The molecule has 0 saturated heterocycles. The van der Waals surface area contributed by atoms with Gasteiger partial charge in [0.15, 0.2) is 23.3 Å². The summed E-state index contributed by atoms with van der Waals surface area (Å²) in [7, 11) is 0. The monoisotopic (exact) mass is 650 g/mol. The van der Waals surface area contributed by atoms with Gasteiger partial charge in [-0.15, -0.1) is 0 Å². The Morgan fingerprint density at radius 1 is 0.674 bits per heavy atom. The Kier molecular flexibility index (Phi) is 10.9. The molecule has 46 heavy (non-hydrogen) atoms. The first-order chi connectivity index (χ1) is 22.0. The summed E-state index contributed by atoms with van der Waals surface area (Å²) in [5.74, 6) is -6.86. The summed E-state index contributed by atoms with van der Waals surface area (Å²) in [6.07, 6.45) is 0.690. The molecular formula is C37H38F8O. The minimum absolute atomic E-state index is 0.00179. The standard InChI is InChI=1S/C37H38F8O/c1-2-3-4-31(38)35(42)26-11-9-23(10-12-26)22-5-7-24(8-6-22)27-15-18-30(32(39)19-27)37(44,45)46-29-16-13-25(14-17-29)28-20-33(40)36(43)34(41)21-28/h9-12,15,18-22,24-25,29H,2-8,13-14,16-17H2,1H3/b35-31+. The molecule has 2 fully saturated rings. The van der Waals surface area contributed by atoms with Crippen molar-refractivity contribution in [2.75, 3.05) is 0 Å². The maximum Gasteiger partial charge on any atom is 0.386 e. The lowest BCUT2D eigenvalue weighted by atomic mass is 9.76. The van der Waals surface area contributed by atoms with Crippen LogP contribution in [0.15, 0.2) is 60.4 Å². The minimum Gasteiger partial charge on any atom is -0.313 e. The van der Waals surface area contributed by atoms with Crippen LogP contribution >= 0.6 is 0 Å². The van der Waals surface area contributed by atoms with Gasteiger partial charge < -0.3 is 4.74 Å². The third-order valence-electron chi connectivity index (χ3n) is 9.60. The van der Waals surface area contributed by atoms with Crippen molar-refractivity contribution in [2.45, 2.75) is 108 Å². The van der Waals surface area contributed by atoms with E-state index in [1.807, 2.05) is 19.1 Å². The molecule has 0 aromatic heterocycles. The number of ether oxygens (including phenoxy) is 1. The number of rotatable bonds is 10. The second-order valence-corrected chi connectivity index (χ2v) is 12.6. The van der Waals surface area contributed by atoms with Crippen molar-refractivity contribution >= 4 is 5.83 Å². The van der Waals surface area contributed by atoms with Gasteiger partial charge in [-0.05, 0) is 116 Å². The fraction of sp³-hybridized carbons (Fsp3) is 0.459. The van der Waals surface area contributed by atoms with Gasteiger partial charge in [0, 0.05) is 12.0 Å². The summed E-state index contributed by atoms with van der Waals surface area (Å²) in [4.78, 5) is 0. The number of benzene rings is 3. The van der Waals surface area contributed by atoms with Crippen LogP contribution in [0.2, 0.25) is 0 Å². The lowest BCUT2D eigenvalue weighted by Gasteiger charge is -2.32. The molecule has 0 spiro atoms. The molecular weight excluding hydrogens is 612 g/mol. The zero-order valence-electron chi connectivity index (χ0n) is 25.7. The molecule has 2 aliphatic carbocycles. The van der Waals surface area contributed by atoms with Crippen molar-refractivity contribution in [1.82, 2.24) is 0 Å². The number of alkyl halides is 2. The molecule has 2 saturated carbocycles. The van der Waals surface area contributed by atoms with E-state index < -0.39 is 52.7 Å². The highest BCUT2D eigenvalue weighted by Gasteiger charge is 2.40. The average Bonchev–Trinajstić information content (AvgIpc) is 3.05. The van der Waals surface area contributed by atoms with Crippen molar-refractivity contribution in [3.05, 3.63) is 112 Å². The van der Waals surface area contributed by atoms with Gasteiger partial charge >= 0.3 is 6.11 Å². The number of hydrogen-bond acceptors (Lipinski definition) is 1. The van der Waals surface area contributed by atoms with Crippen LogP contribution in [0.4, 0.5) is 35.1 Å². The molecule has 0 radical (unpaired) electrons. The third kappa shape index (κ3) is 7.84. The smallest absolute Gasteiger partial charge is 0.313 e. The molecule has 5 rings (SSSR count). The second kappa shape index (κ2) is 14.7. The largest absolute Gasteiger partial charge is 0.386 e. The number of hydrogen-bond donors (Lipinski definition) is 0. The Morgan fingerprint density at radius 2 is 1.17 bits per heavy atom. The highest BCUT2D eigenvalue weighted by molar-refractivity contribution is 5.61. The van der Waals surface area contributed by atoms with E-state index in [1.54, 1.807) is 12.1 Å². The van der Waals surface area contributed by atoms with E-state index in [0.29, 0.717) is 24.8 Å². The lowest BCUT2D eigenvalue weighted by Crippen LogP contribution is -2.30.